The number of hydrogen-bond acceptors (Lipinski definition) is 4. The average molecular weight is 280 g/mol. The summed E-state index contributed by atoms with van der Waals surface area (Å²) >= 11 is 0. The molecule has 100 valence electrons. The fraction of sp³-hybridized carbons (Fsp3) is 0.167. The number of sulfonamides is 1. The van der Waals surface area contributed by atoms with Crippen LogP contribution in [-0.2, 0) is 14.8 Å². The van der Waals surface area contributed by atoms with Gasteiger partial charge in [-0.2, -0.15) is 9.98 Å². The largest absolute Gasteiger partial charge is 0.480 e. The van der Waals surface area contributed by atoms with Gasteiger partial charge in [0.05, 0.1) is 16.5 Å². The third-order valence-electron chi connectivity index (χ3n) is 2.29. The van der Waals surface area contributed by atoms with E-state index in [2.05, 4.69) is 11.3 Å². The van der Waals surface area contributed by atoms with E-state index in [0.29, 0.717) is 5.56 Å². The first-order valence-corrected chi connectivity index (χ1v) is 6.75. The van der Waals surface area contributed by atoms with Crippen molar-refractivity contribution in [3.63, 3.8) is 0 Å². The van der Waals surface area contributed by atoms with Crippen molar-refractivity contribution in [2.75, 3.05) is 0 Å². The zero-order valence-electron chi connectivity index (χ0n) is 9.91. The van der Waals surface area contributed by atoms with Gasteiger partial charge in [-0.15, -0.1) is 6.58 Å². The number of carbonyl (C=O) groups is 1. The van der Waals surface area contributed by atoms with Crippen LogP contribution in [0.5, 0.6) is 0 Å². The van der Waals surface area contributed by atoms with Crippen molar-refractivity contribution in [2.24, 2.45) is 0 Å². The van der Waals surface area contributed by atoms with Crippen molar-refractivity contribution in [1.29, 1.82) is 5.26 Å². The summed E-state index contributed by atoms with van der Waals surface area (Å²) in [5.41, 5.74) is 0.319. The molecule has 1 aromatic rings. The molecule has 0 aliphatic heterocycles. The maximum Gasteiger partial charge on any atom is 0.322 e. The predicted octanol–water partition coefficient (Wildman–Crippen LogP) is 0.866. The maximum absolute atomic E-state index is 11.9. The molecule has 0 radical (unpaired) electrons. The number of carboxylic acids is 1. The Morgan fingerprint density at radius 3 is 2.47 bits per heavy atom. The summed E-state index contributed by atoms with van der Waals surface area (Å²) in [7, 11) is -3.94. The molecule has 1 unspecified atom stereocenters. The van der Waals surface area contributed by atoms with Crippen LogP contribution in [0.15, 0.2) is 41.8 Å². The first kappa shape index (κ1) is 14.9. The topological polar surface area (TPSA) is 107 Å². The van der Waals surface area contributed by atoms with E-state index >= 15 is 0 Å². The SMILES string of the molecule is C=CCC(NS(=O)(=O)c1ccc(C#N)cc1)C(=O)O. The summed E-state index contributed by atoms with van der Waals surface area (Å²) in [5, 5.41) is 17.5. The molecule has 0 amide bonds. The van der Waals surface area contributed by atoms with Crippen molar-refractivity contribution in [1.82, 2.24) is 4.72 Å². The van der Waals surface area contributed by atoms with Crippen LogP contribution in [0.2, 0.25) is 0 Å². The molecule has 6 nitrogen and oxygen atoms in total. The molecule has 0 heterocycles. The molecule has 0 saturated carbocycles. The molecule has 0 aliphatic carbocycles. The van der Waals surface area contributed by atoms with E-state index < -0.39 is 22.0 Å². The highest BCUT2D eigenvalue weighted by Crippen LogP contribution is 2.11. The lowest BCUT2D eigenvalue weighted by atomic mass is 10.2. The van der Waals surface area contributed by atoms with E-state index in [4.69, 9.17) is 10.4 Å². The Bertz CT molecular complexity index is 614. The Hall–Kier alpha value is -2.17. The normalized spacial score (nSPS) is 12.4. The van der Waals surface area contributed by atoms with Gasteiger partial charge in [-0.25, -0.2) is 8.42 Å². The van der Waals surface area contributed by atoms with E-state index in [1.165, 1.54) is 30.3 Å². The second-order valence-electron chi connectivity index (χ2n) is 3.67. The third-order valence-corrected chi connectivity index (χ3v) is 3.78. The number of nitrogens with zero attached hydrogens (tertiary/aromatic N) is 1. The van der Waals surface area contributed by atoms with Crippen LogP contribution in [0.25, 0.3) is 0 Å². The summed E-state index contributed by atoms with van der Waals surface area (Å²) in [6.45, 7) is 3.37. The molecule has 0 aromatic heterocycles. The molecule has 1 aromatic carbocycles. The molecule has 19 heavy (non-hydrogen) atoms. The smallest absolute Gasteiger partial charge is 0.322 e. The number of nitriles is 1. The van der Waals surface area contributed by atoms with Gasteiger partial charge in [0.25, 0.3) is 0 Å². The first-order chi connectivity index (χ1) is 8.90. The molecular weight excluding hydrogens is 268 g/mol. The monoisotopic (exact) mass is 280 g/mol. The van der Waals surface area contributed by atoms with Crippen molar-refractivity contribution >= 4 is 16.0 Å². The molecule has 0 saturated heterocycles. The number of nitrogens with one attached hydrogen (secondary N) is 1. The Morgan fingerprint density at radius 2 is 2.05 bits per heavy atom. The summed E-state index contributed by atoms with van der Waals surface area (Å²) < 4.78 is 25.9. The molecule has 0 aliphatic rings. The molecule has 0 bridgehead atoms. The standard InChI is InChI=1S/C12H12N2O4S/c1-2-3-11(12(15)16)14-19(17,18)10-6-4-9(8-13)5-7-10/h2,4-7,11,14H,1,3H2,(H,15,16). The average Bonchev–Trinajstić information content (AvgIpc) is 2.38. The minimum absolute atomic E-state index is 0.0230. The molecule has 1 atom stereocenters. The Balaban J connectivity index is 2.99. The molecule has 7 heteroatoms. The first-order valence-electron chi connectivity index (χ1n) is 5.27. The fourth-order valence-electron chi connectivity index (χ4n) is 1.33. The van der Waals surface area contributed by atoms with Crippen LogP contribution >= 0.6 is 0 Å². The highest BCUT2D eigenvalue weighted by molar-refractivity contribution is 7.89. The maximum atomic E-state index is 11.9. The van der Waals surface area contributed by atoms with Crippen molar-refractivity contribution in [3.8, 4) is 6.07 Å². The zero-order valence-corrected chi connectivity index (χ0v) is 10.7. The number of benzene rings is 1. The summed E-state index contributed by atoms with van der Waals surface area (Å²) in [6, 6.07) is 5.77. The molecule has 2 N–H and O–H groups in total. The number of hydrogen-bond donors (Lipinski definition) is 2. The van der Waals surface area contributed by atoms with Gasteiger partial charge in [-0.05, 0) is 30.7 Å². The molecular formula is C12H12N2O4S. The van der Waals surface area contributed by atoms with E-state index in [-0.39, 0.29) is 11.3 Å². The lowest BCUT2D eigenvalue weighted by molar-refractivity contribution is -0.138. The highest BCUT2D eigenvalue weighted by Gasteiger charge is 2.24. The van der Waals surface area contributed by atoms with Crippen LogP contribution in [0.3, 0.4) is 0 Å². The highest BCUT2D eigenvalue weighted by atomic mass is 32.2. The fourth-order valence-corrected chi connectivity index (χ4v) is 2.53. The van der Waals surface area contributed by atoms with Gasteiger partial charge in [0.15, 0.2) is 0 Å². The van der Waals surface area contributed by atoms with Crippen LogP contribution in [-0.4, -0.2) is 25.5 Å². The Labute approximate surface area is 111 Å². The van der Waals surface area contributed by atoms with Crippen molar-refractivity contribution < 1.29 is 18.3 Å². The summed E-state index contributed by atoms with van der Waals surface area (Å²) in [6.07, 6.45) is 1.30. The van der Waals surface area contributed by atoms with Crippen LogP contribution in [0.4, 0.5) is 0 Å². The lowest BCUT2D eigenvalue weighted by Gasteiger charge is -2.12. The lowest BCUT2D eigenvalue weighted by Crippen LogP contribution is -2.40. The number of carboxylic acid groups (broad SMARTS) is 1. The van der Waals surface area contributed by atoms with Gasteiger partial charge in [-0.1, -0.05) is 6.08 Å². The van der Waals surface area contributed by atoms with Gasteiger partial charge in [0.1, 0.15) is 6.04 Å². The van der Waals surface area contributed by atoms with Crippen LogP contribution in [0, 0.1) is 11.3 Å². The Kier molecular flexibility index (Phi) is 4.80. The van der Waals surface area contributed by atoms with Crippen molar-refractivity contribution in [2.45, 2.75) is 17.4 Å². The number of rotatable bonds is 6. The molecule has 0 spiro atoms. The quantitative estimate of drug-likeness (QED) is 0.752. The summed E-state index contributed by atoms with van der Waals surface area (Å²) in [4.78, 5) is 10.8. The summed E-state index contributed by atoms with van der Waals surface area (Å²) in [5.74, 6) is -1.28. The zero-order chi connectivity index (χ0) is 14.5. The minimum atomic E-state index is -3.94. The van der Waals surface area contributed by atoms with Crippen LogP contribution in [0.1, 0.15) is 12.0 Å². The van der Waals surface area contributed by atoms with Gasteiger partial charge < -0.3 is 5.11 Å². The van der Waals surface area contributed by atoms with E-state index in [0.717, 1.165) is 0 Å². The molecule has 1 rings (SSSR count). The van der Waals surface area contributed by atoms with Gasteiger partial charge in [-0.3, -0.25) is 4.79 Å². The number of aliphatic carboxylic acids is 1. The van der Waals surface area contributed by atoms with E-state index in [9.17, 15) is 13.2 Å². The van der Waals surface area contributed by atoms with Crippen LogP contribution < -0.4 is 4.72 Å². The van der Waals surface area contributed by atoms with E-state index in [1.807, 2.05) is 6.07 Å². The second-order valence-corrected chi connectivity index (χ2v) is 5.39. The minimum Gasteiger partial charge on any atom is -0.480 e. The Morgan fingerprint density at radius 1 is 1.47 bits per heavy atom. The second kappa shape index (κ2) is 6.13. The predicted molar refractivity (Wildman–Crippen MR) is 67.7 cm³/mol. The van der Waals surface area contributed by atoms with Gasteiger partial charge in [0.2, 0.25) is 10.0 Å². The van der Waals surface area contributed by atoms with Crippen molar-refractivity contribution in [3.05, 3.63) is 42.5 Å². The third kappa shape index (κ3) is 3.91. The van der Waals surface area contributed by atoms with Gasteiger partial charge in [0, 0.05) is 0 Å². The van der Waals surface area contributed by atoms with E-state index in [1.54, 1.807) is 0 Å². The van der Waals surface area contributed by atoms with Gasteiger partial charge >= 0.3 is 5.97 Å². The molecule has 0 fully saturated rings.